The molecule has 0 aliphatic heterocycles. The second-order valence-corrected chi connectivity index (χ2v) is 7.68. The summed E-state index contributed by atoms with van der Waals surface area (Å²) < 4.78 is 23.0. The van der Waals surface area contributed by atoms with Gasteiger partial charge in [-0.15, -0.1) is 0 Å². The Bertz CT molecular complexity index is 512. The number of nitrogens with two attached hydrogens (primary N) is 1. The van der Waals surface area contributed by atoms with E-state index < -0.39 is 15.1 Å². The average molecular weight is 269 g/mol. The third-order valence-corrected chi connectivity index (χ3v) is 5.26. The van der Waals surface area contributed by atoms with E-state index in [-0.39, 0.29) is 6.04 Å². The first-order chi connectivity index (χ1) is 8.12. The first-order valence-corrected chi connectivity index (χ1v) is 8.09. The van der Waals surface area contributed by atoms with Gasteiger partial charge in [-0.2, -0.15) is 0 Å². The summed E-state index contributed by atoms with van der Waals surface area (Å²) >= 11 is 0. The lowest BCUT2D eigenvalue weighted by Crippen LogP contribution is -2.39. The molecule has 2 N–H and O–H groups in total. The third kappa shape index (κ3) is 3.56. The summed E-state index contributed by atoms with van der Waals surface area (Å²) in [4.78, 5) is 0. The van der Waals surface area contributed by atoms with Crippen molar-refractivity contribution in [2.24, 2.45) is 5.73 Å². The second-order valence-electron chi connectivity index (χ2n) is 5.28. The zero-order valence-corrected chi connectivity index (χ0v) is 12.6. The van der Waals surface area contributed by atoms with Crippen LogP contribution in [0.25, 0.3) is 0 Å². The molecule has 2 unspecified atom stereocenters. The molecule has 0 saturated carbocycles. The largest absolute Gasteiger partial charge is 0.326 e. The Kier molecular flexibility index (Phi) is 4.56. The minimum Gasteiger partial charge on any atom is -0.326 e. The highest BCUT2D eigenvalue weighted by molar-refractivity contribution is 7.91. The number of benzene rings is 1. The van der Waals surface area contributed by atoms with Crippen molar-refractivity contribution in [3.05, 3.63) is 34.4 Å². The highest BCUT2D eigenvalue weighted by Crippen LogP contribution is 2.19. The summed E-state index contributed by atoms with van der Waals surface area (Å²) in [6, 6.07) is 3.86. The maximum absolute atomic E-state index is 11.5. The molecule has 0 aromatic heterocycles. The van der Waals surface area contributed by atoms with E-state index in [1.165, 1.54) is 28.5 Å². The van der Waals surface area contributed by atoms with Gasteiger partial charge in [0.2, 0.25) is 0 Å². The Hall–Kier alpha value is -0.870. The summed E-state index contributed by atoms with van der Waals surface area (Å²) in [6.45, 7) is 7.84. The van der Waals surface area contributed by atoms with E-state index in [1.54, 1.807) is 6.92 Å². The van der Waals surface area contributed by atoms with Gasteiger partial charge in [-0.1, -0.05) is 17.7 Å². The van der Waals surface area contributed by atoms with Gasteiger partial charge in [-0.3, -0.25) is 0 Å². The van der Waals surface area contributed by atoms with E-state index in [1.807, 2.05) is 13.8 Å². The molecule has 102 valence electrons. The molecule has 0 fully saturated rings. The first-order valence-electron chi connectivity index (χ1n) is 6.14. The van der Waals surface area contributed by atoms with Crippen molar-refractivity contribution in [3.63, 3.8) is 0 Å². The summed E-state index contributed by atoms with van der Waals surface area (Å²) in [5, 5.41) is -0.516. The highest BCUT2D eigenvalue weighted by atomic mass is 32.2. The van der Waals surface area contributed by atoms with Crippen LogP contribution in [0.1, 0.15) is 29.2 Å². The second kappa shape index (κ2) is 5.41. The third-order valence-electron chi connectivity index (χ3n) is 3.56. The van der Waals surface area contributed by atoms with Crippen LogP contribution in [0.4, 0.5) is 0 Å². The van der Waals surface area contributed by atoms with Crippen LogP contribution in [0, 0.1) is 20.8 Å². The van der Waals surface area contributed by atoms with E-state index in [0.717, 1.165) is 0 Å². The van der Waals surface area contributed by atoms with Crippen LogP contribution in [0.2, 0.25) is 0 Å². The molecule has 4 heteroatoms. The lowest BCUT2D eigenvalue weighted by molar-refractivity contribution is 0.561. The van der Waals surface area contributed by atoms with Crippen LogP contribution in [0.15, 0.2) is 12.1 Å². The Labute approximate surface area is 110 Å². The maximum atomic E-state index is 11.5. The fraction of sp³-hybridized carbons (Fsp3) is 0.571. The van der Waals surface area contributed by atoms with Gasteiger partial charge in [-0.05, 0) is 50.8 Å². The first kappa shape index (κ1) is 15.2. The minimum atomic E-state index is -3.08. The van der Waals surface area contributed by atoms with E-state index in [9.17, 15) is 8.42 Å². The van der Waals surface area contributed by atoms with Gasteiger partial charge in [0.15, 0.2) is 9.84 Å². The zero-order chi connectivity index (χ0) is 14.1. The monoisotopic (exact) mass is 269 g/mol. The fourth-order valence-electron chi connectivity index (χ4n) is 2.25. The Morgan fingerprint density at radius 2 is 1.61 bits per heavy atom. The van der Waals surface area contributed by atoms with Gasteiger partial charge in [-0.25, -0.2) is 8.42 Å². The van der Waals surface area contributed by atoms with Crippen molar-refractivity contribution in [3.8, 4) is 0 Å². The van der Waals surface area contributed by atoms with Crippen LogP contribution < -0.4 is 5.73 Å². The van der Waals surface area contributed by atoms with Crippen LogP contribution in [0.5, 0.6) is 0 Å². The van der Waals surface area contributed by atoms with Gasteiger partial charge in [0.25, 0.3) is 0 Å². The van der Waals surface area contributed by atoms with Crippen molar-refractivity contribution < 1.29 is 8.42 Å². The van der Waals surface area contributed by atoms with Crippen LogP contribution in [-0.4, -0.2) is 26.0 Å². The summed E-state index contributed by atoms with van der Waals surface area (Å²) in [7, 11) is -3.08. The molecule has 0 radical (unpaired) electrons. The van der Waals surface area contributed by atoms with Gasteiger partial charge >= 0.3 is 0 Å². The molecule has 2 atom stereocenters. The van der Waals surface area contributed by atoms with Crippen LogP contribution in [0.3, 0.4) is 0 Å². The summed E-state index contributed by atoms with van der Waals surface area (Å²) in [5.74, 6) is 0. The molecule has 0 aliphatic carbocycles. The van der Waals surface area contributed by atoms with Crippen LogP contribution in [-0.2, 0) is 16.3 Å². The predicted octanol–water partition coefficient (Wildman–Crippen LogP) is 1.91. The normalized spacial score (nSPS) is 15.4. The van der Waals surface area contributed by atoms with E-state index in [2.05, 4.69) is 19.1 Å². The molecule has 1 aromatic rings. The zero-order valence-electron chi connectivity index (χ0n) is 11.8. The van der Waals surface area contributed by atoms with Gasteiger partial charge < -0.3 is 5.73 Å². The Morgan fingerprint density at radius 1 is 1.17 bits per heavy atom. The molecule has 0 aliphatic rings. The number of aryl methyl sites for hydroxylation is 3. The maximum Gasteiger partial charge on any atom is 0.151 e. The number of rotatable bonds is 4. The standard InChI is InChI=1S/C14H23NO2S/c1-9-6-10(2)13(11(3)7-9)8-14(15)12(4)18(5,16)17/h6-7,12,14H,8,15H2,1-5H3. The van der Waals surface area contributed by atoms with Crippen LogP contribution >= 0.6 is 0 Å². The van der Waals surface area contributed by atoms with E-state index in [0.29, 0.717) is 6.42 Å². The molecule has 0 saturated heterocycles. The Balaban J connectivity index is 2.99. The fourth-order valence-corrected chi connectivity index (χ4v) is 2.98. The SMILES string of the molecule is Cc1cc(C)c(CC(N)C(C)S(C)(=O)=O)c(C)c1. The number of hydrogen-bond donors (Lipinski definition) is 1. The van der Waals surface area contributed by atoms with Crippen molar-refractivity contribution in [1.29, 1.82) is 0 Å². The molecule has 0 amide bonds. The predicted molar refractivity (Wildman–Crippen MR) is 76.6 cm³/mol. The summed E-state index contributed by atoms with van der Waals surface area (Å²) in [6.07, 6.45) is 1.85. The minimum absolute atomic E-state index is 0.361. The molecule has 1 aromatic carbocycles. The highest BCUT2D eigenvalue weighted by Gasteiger charge is 2.23. The number of hydrogen-bond acceptors (Lipinski definition) is 3. The molecule has 0 heterocycles. The van der Waals surface area contributed by atoms with Crippen molar-refractivity contribution in [2.45, 2.75) is 45.4 Å². The van der Waals surface area contributed by atoms with Gasteiger partial charge in [0, 0.05) is 12.3 Å². The van der Waals surface area contributed by atoms with E-state index >= 15 is 0 Å². The molecule has 0 bridgehead atoms. The Morgan fingerprint density at radius 3 is 2.00 bits per heavy atom. The average Bonchev–Trinajstić information content (AvgIpc) is 2.20. The summed E-state index contributed by atoms with van der Waals surface area (Å²) in [5.41, 5.74) is 10.8. The smallest absolute Gasteiger partial charge is 0.151 e. The van der Waals surface area contributed by atoms with E-state index in [4.69, 9.17) is 5.73 Å². The van der Waals surface area contributed by atoms with Crippen molar-refractivity contribution in [2.75, 3.05) is 6.26 Å². The lowest BCUT2D eigenvalue weighted by atomic mass is 9.94. The molecule has 0 spiro atoms. The molecular weight excluding hydrogens is 246 g/mol. The lowest BCUT2D eigenvalue weighted by Gasteiger charge is -2.21. The van der Waals surface area contributed by atoms with Gasteiger partial charge in [0.05, 0.1) is 5.25 Å². The van der Waals surface area contributed by atoms with Crippen molar-refractivity contribution >= 4 is 9.84 Å². The molecular formula is C14H23NO2S. The van der Waals surface area contributed by atoms with Crippen molar-refractivity contribution in [1.82, 2.24) is 0 Å². The quantitative estimate of drug-likeness (QED) is 0.908. The molecule has 3 nitrogen and oxygen atoms in total. The molecule has 1 rings (SSSR count). The van der Waals surface area contributed by atoms with Gasteiger partial charge in [0.1, 0.15) is 0 Å². The number of sulfone groups is 1. The molecule has 18 heavy (non-hydrogen) atoms. The topological polar surface area (TPSA) is 60.2 Å².